The Bertz CT molecular complexity index is 1100. The molecule has 1 saturated carbocycles. The van der Waals surface area contributed by atoms with E-state index in [4.69, 9.17) is 9.47 Å². The van der Waals surface area contributed by atoms with Crippen molar-refractivity contribution in [2.45, 2.75) is 25.9 Å². The summed E-state index contributed by atoms with van der Waals surface area (Å²) in [6.45, 7) is 1.61. The Labute approximate surface area is 204 Å². The van der Waals surface area contributed by atoms with Crippen molar-refractivity contribution in [3.63, 3.8) is 0 Å². The van der Waals surface area contributed by atoms with Gasteiger partial charge in [-0.3, -0.25) is 9.59 Å². The third kappa shape index (κ3) is 6.17. The molecule has 3 aromatic rings. The molecule has 34 heavy (non-hydrogen) atoms. The molecule has 0 N–H and O–H groups in total. The minimum atomic E-state index is -0.199. The molecule has 0 unspecified atom stereocenters. The van der Waals surface area contributed by atoms with Gasteiger partial charge in [0.05, 0.1) is 26.3 Å². The van der Waals surface area contributed by atoms with Crippen LogP contribution in [0, 0.1) is 5.92 Å². The highest BCUT2D eigenvalue weighted by Crippen LogP contribution is 2.32. The van der Waals surface area contributed by atoms with E-state index in [9.17, 15) is 9.59 Å². The van der Waals surface area contributed by atoms with E-state index < -0.39 is 0 Å². The molecule has 0 bridgehead atoms. The van der Waals surface area contributed by atoms with Gasteiger partial charge in [-0.05, 0) is 47.9 Å². The number of thiophene rings is 1. The molecule has 0 radical (unpaired) electrons. The van der Waals surface area contributed by atoms with Crippen LogP contribution in [0.15, 0.2) is 66.0 Å². The van der Waals surface area contributed by atoms with Crippen LogP contribution in [0.4, 0.5) is 0 Å². The maximum atomic E-state index is 13.6. The molecule has 178 valence electrons. The van der Waals surface area contributed by atoms with E-state index in [1.165, 1.54) is 7.11 Å². The first-order chi connectivity index (χ1) is 16.6. The van der Waals surface area contributed by atoms with Crippen LogP contribution in [0.1, 0.15) is 33.6 Å². The van der Waals surface area contributed by atoms with Gasteiger partial charge >= 0.3 is 0 Å². The summed E-state index contributed by atoms with van der Waals surface area (Å²) in [6.07, 6.45) is 2.17. The van der Waals surface area contributed by atoms with E-state index in [2.05, 4.69) is 0 Å². The number of carbonyl (C=O) groups excluding carboxylic acids is 2. The molecule has 0 spiro atoms. The maximum absolute atomic E-state index is 13.6. The number of hydrogen-bond donors (Lipinski definition) is 0. The predicted octanol–water partition coefficient (Wildman–Crippen LogP) is 4.85. The summed E-state index contributed by atoms with van der Waals surface area (Å²) in [7, 11) is 3.10. The fraction of sp³-hybridized carbons (Fsp3) is 0.333. The highest BCUT2D eigenvalue weighted by atomic mass is 32.1. The Balaban J connectivity index is 1.55. The summed E-state index contributed by atoms with van der Waals surface area (Å²) in [4.78, 5) is 31.7. The zero-order valence-corrected chi connectivity index (χ0v) is 20.4. The average Bonchev–Trinajstić information content (AvgIpc) is 3.54. The molecule has 2 aromatic carbocycles. The molecule has 1 aromatic heterocycles. The fourth-order valence-electron chi connectivity index (χ4n) is 3.87. The summed E-state index contributed by atoms with van der Waals surface area (Å²) in [5, 5.41) is 2.01. The van der Waals surface area contributed by atoms with Crippen molar-refractivity contribution in [3.8, 4) is 11.5 Å². The molecule has 0 saturated heterocycles. The minimum Gasteiger partial charge on any atom is -0.497 e. The standard InChI is InChI=1S/C27H30N2O4S/c1-32-22-12-13-24(25(15-22)33-2)27(31)29(17-21-10-11-21)19-26(30)28(18-23-9-6-14-34-23)16-20-7-4-3-5-8-20/h3-9,12-15,21H,10-11,16-19H2,1-2H3. The van der Waals surface area contributed by atoms with E-state index in [1.807, 2.05) is 52.7 Å². The summed E-state index contributed by atoms with van der Waals surface area (Å²) in [5.74, 6) is 1.23. The van der Waals surface area contributed by atoms with E-state index in [0.29, 0.717) is 42.6 Å². The van der Waals surface area contributed by atoms with Gasteiger partial charge in [-0.25, -0.2) is 0 Å². The van der Waals surface area contributed by atoms with Crippen molar-refractivity contribution in [1.82, 2.24) is 9.80 Å². The van der Waals surface area contributed by atoms with E-state index in [-0.39, 0.29) is 18.4 Å². The number of methoxy groups -OCH3 is 2. The zero-order valence-electron chi connectivity index (χ0n) is 19.6. The molecular formula is C27H30N2O4S. The zero-order chi connectivity index (χ0) is 23.9. The second-order valence-corrected chi connectivity index (χ2v) is 9.54. The molecule has 2 amide bonds. The Hall–Kier alpha value is -3.32. The van der Waals surface area contributed by atoms with Crippen molar-refractivity contribution in [2.24, 2.45) is 5.92 Å². The molecule has 1 aliphatic carbocycles. The number of rotatable bonds is 11. The Morgan fingerprint density at radius 2 is 1.74 bits per heavy atom. The van der Waals surface area contributed by atoms with Crippen LogP contribution in [0.25, 0.3) is 0 Å². The Morgan fingerprint density at radius 1 is 0.941 bits per heavy atom. The molecule has 1 aliphatic rings. The largest absolute Gasteiger partial charge is 0.497 e. The van der Waals surface area contributed by atoms with Gasteiger partial charge in [0.15, 0.2) is 0 Å². The van der Waals surface area contributed by atoms with E-state index in [0.717, 1.165) is 23.3 Å². The van der Waals surface area contributed by atoms with Crippen LogP contribution in [-0.2, 0) is 17.9 Å². The number of hydrogen-bond acceptors (Lipinski definition) is 5. The van der Waals surface area contributed by atoms with Crippen molar-refractivity contribution in [1.29, 1.82) is 0 Å². The second kappa shape index (κ2) is 11.2. The molecule has 7 heteroatoms. The Kier molecular flexibility index (Phi) is 7.85. The molecule has 6 nitrogen and oxygen atoms in total. The van der Waals surface area contributed by atoms with Crippen molar-refractivity contribution in [2.75, 3.05) is 27.3 Å². The van der Waals surface area contributed by atoms with Crippen LogP contribution in [-0.4, -0.2) is 48.9 Å². The second-order valence-electron chi connectivity index (χ2n) is 8.51. The number of nitrogens with zero attached hydrogens (tertiary/aromatic N) is 2. The van der Waals surface area contributed by atoms with Gasteiger partial charge in [0.2, 0.25) is 5.91 Å². The first-order valence-corrected chi connectivity index (χ1v) is 12.3. The minimum absolute atomic E-state index is 0.0305. The van der Waals surface area contributed by atoms with Gasteiger partial charge in [-0.1, -0.05) is 36.4 Å². The number of benzene rings is 2. The lowest BCUT2D eigenvalue weighted by atomic mass is 10.1. The Morgan fingerprint density at radius 3 is 2.38 bits per heavy atom. The van der Waals surface area contributed by atoms with Crippen molar-refractivity contribution >= 4 is 23.2 Å². The molecule has 4 rings (SSSR count). The summed E-state index contributed by atoms with van der Waals surface area (Å²) in [6, 6.07) is 19.1. The first kappa shape index (κ1) is 23.8. The SMILES string of the molecule is COc1ccc(C(=O)N(CC(=O)N(Cc2ccccc2)Cc2cccs2)CC2CC2)c(OC)c1. The first-order valence-electron chi connectivity index (χ1n) is 11.4. The van der Waals surface area contributed by atoms with Crippen LogP contribution >= 0.6 is 11.3 Å². The highest BCUT2D eigenvalue weighted by Gasteiger charge is 2.31. The molecule has 1 heterocycles. The van der Waals surface area contributed by atoms with Gasteiger partial charge in [-0.2, -0.15) is 0 Å². The van der Waals surface area contributed by atoms with Crippen LogP contribution in [0.2, 0.25) is 0 Å². The van der Waals surface area contributed by atoms with Gasteiger partial charge in [0.25, 0.3) is 5.91 Å². The third-order valence-corrected chi connectivity index (χ3v) is 6.78. The molecule has 0 aliphatic heterocycles. The molecule has 0 atom stereocenters. The average molecular weight is 479 g/mol. The van der Waals surface area contributed by atoms with E-state index in [1.54, 1.807) is 41.5 Å². The van der Waals surface area contributed by atoms with Crippen molar-refractivity contribution < 1.29 is 19.1 Å². The lowest BCUT2D eigenvalue weighted by Crippen LogP contribution is -2.43. The van der Waals surface area contributed by atoms with E-state index >= 15 is 0 Å². The molecular weight excluding hydrogens is 448 g/mol. The summed E-state index contributed by atoms with van der Waals surface area (Å²) in [5.41, 5.74) is 1.49. The third-order valence-electron chi connectivity index (χ3n) is 5.92. The quantitative estimate of drug-likeness (QED) is 0.395. The predicted molar refractivity (Wildman–Crippen MR) is 133 cm³/mol. The number of amides is 2. The number of ether oxygens (including phenoxy) is 2. The summed E-state index contributed by atoms with van der Waals surface area (Å²) >= 11 is 1.63. The summed E-state index contributed by atoms with van der Waals surface area (Å²) < 4.78 is 10.7. The topological polar surface area (TPSA) is 59.1 Å². The van der Waals surface area contributed by atoms with Gasteiger partial charge in [0.1, 0.15) is 18.0 Å². The van der Waals surface area contributed by atoms with Crippen LogP contribution in [0.5, 0.6) is 11.5 Å². The smallest absolute Gasteiger partial charge is 0.258 e. The normalized spacial score (nSPS) is 12.8. The highest BCUT2D eigenvalue weighted by molar-refractivity contribution is 7.09. The number of carbonyl (C=O) groups is 2. The van der Waals surface area contributed by atoms with Crippen LogP contribution < -0.4 is 9.47 Å². The lowest BCUT2D eigenvalue weighted by Gasteiger charge is -2.28. The monoisotopic (exact) mass is 478 g/mol. The van der Waals surface area contributed by atoms with Gasteiger partial charge in [0, 0.05) is 24.0 Å². The van der Waals surface area contributed by atoms with Gasteiger partial charge in [-0.15, -0.1) is 11.3 Å². The van der Waals surface area contributed by atoms with Crippen LogP contribution in [0.3, 0.4) is 0 Å². The molecule has 1 fully saturated rings. The lowest BCUT2D eigenvalue weighted by molar-refractivity contribution is -0.133. The van der Waals surface area contributed by atoms with Gasteiger partial charge < -0.3 is 19.3 Å². The maximum Gasteiger partial charge on any atom is 0.258 e. The van der Waals surface area contributed by atoms with Crippen molar-refractivity contribution in [3.05, 3.63) is 82.0 Å². The fourth-order valence-corrected chi connectivity index (χ4v) is 4.59.